The summed E-state index contributed by atoms with van der Waals surface area (Å²) in [6, 6.07) is 9.63. The molecule has 0 N–H and O–H groups in total. The van der Waals surface area contributed by atoms with Crippen molar-refractivity contribution in [2.45, 2.75) is 6.92 Å². The SMILES string of the molecule is Cc1cc2nc3ccccc3sc-2c(Cl)c1=O. The van der Waals surface area contributed by atoms with Gasteiger partial charge in [-0.25, -0.2) is 4.98 Å². The van der Waals surface area contributed by atoms with Gasteiger partial charge in [-0.3, -0.25) is 4.79 Å². The summed E-state index contributed by atoms with van der Waals surface area (Å²) < 4.78 is 1.03. The summed E-state index contributed by atoms with van der Waals surface area (Å²) in [6.07, 6.45) is 0. The molecule has 1 heterocycles. The molecule has 1 aromatic rings. The van der Waals surface area contributed by atoms with Crippen molar-refractivity contribution in [1.29, 1.82) is 0 Å². The predicted molar refractivity (Wildman–Crippen MR) is 72.3 cm³/mol. The topological polar surface area (TPSA) is 30.0 Å². The molecule has 0 saturated heterocycles. The van der Waals surface area contributed by atoms with Crippen molar-refractivity contribution >= 4 is 33.2 Å². The van der Waals surface area contributed by atoms with Crippen molar-refractivity contribution in [2.75, 3.05) is 0 Å². The van der Waals surface area contributed by atoms with Crippen LogP contribution in [0.2, 0.25) is 5.02 Å². The monoisotopic (exact) mass is 261 g/mol. The van der Waals surface area contributed by atoms with E-state index in [0.29, 0.717) is 5.56 Å². The van der Waals surface area contributed by atoms with Gasteiger partial charge in [0.25, 0.3) is 0 Å². The van der Waals surface area contributed by atoms with E-state index in [4.69, 9.17) is 11.6 Å². The third-order valence-electron chi connectivity index (χ3n) is 2.66. The van der Waals surface area contributed by atoms with Gasteiger partial charge in [-0.1, -0.05) is 23.7 Å². The van der Waals surface area contributed by atoms with Crippen LogP contribution in [0.15, 0.2) is 35.1 Å². The molecule has 3 rings (SSSR count). The Labute approximate surface area is 107 Å². The number of benzene rings is 2. The predicted octanol–water partition coefficient (Wildman–Crippen LogP) is 3.72. The second-order valence-corrected chi connectivity index (χ2v) is 5.30. The smallest absolute Gasteiger partial charge is 0.201 e. The minimum absolute atomic E-state index is 0.104. The van der Waals surface area contributed by atoms with E-state index in [0.717, 1.165) is 20.8 Å². The van der Waals surface area contributed by atoms with Crippen molar-refractivity contribution in [3.63, 3.8) is 0 Å². The third kappa shape index (κ3) is 1.63. The molecule has 0 radical (unpaired) electrons. The van der Waals surface area contributed by atoms with Gasteiger partial charge < -0.3 is 0 Å². The van der Waals surface area contributed by atoms with Crippen molar-refractivity contribution in [2.24, 2.45) is 0 Å². The molecule has 1 aromatic carbocycles. The molecule has 0 bridgehead atoms. The normalized spacial score (nSPS) is 11.2. The summed E-state index contributed by atoms with van der Waals surface area (Å²) in [6.45, 7) is 1.76. The number of rotatable bonds is 0. The average molecular weight is 262 g/mol. The molecule has 0 unspecified atom stereocenters. The maximum atomic E-state index is 11.8. The van der Waals surface area contributed by atoms with Crippen LogP contribution in [0.3, 0.4) is 0 Å². The molecule has 4 heteroatoms. The molecule has 2 nitrogen and oxygen atoms in total. The molecule has 84 valence electrons. The molecule has 2 aliphatic rings. The van der Waals surface area contributed by atoms with E-state index in [1.54, 1.807) is 13.0 Å². The van der Waals surface area contributed by atoms with Gasteiger partial charge in [0.15, 0.2) is 0 Å². The van der Waals surface area contributed by atoms with Gasteiger partial charge in [0.2, 0.25) is 5.43 Å². The maximum Gasteiger partial charge on any atom is 0.201 e. The van der Waals surface area contributed by atoms with E-state index >= 15 is 0 Å². The van der Waals surface area contributed by atoms with Crippen LogP contribution in [0.25, 0.3) is 20.8 Å². The van der Waals surface area contributed by atoms with Crippen molar-refractivity contribution in [1.82, 2.24) is 4.98 Å². The fraction of sp³-hybridized carbons (Fsp3) is 0.0769. The van der Waals surface area contributed by atoms with Gasteiger partial charge in [-0.15, -0.1) is 11.3 Å². The largest absolute Gasteiger partial charge is 0.288 e. The van der Waals surface area contributed by atoms with Crippen molar-refractivity contribution in [3.8, 4) is 10.6 Å². The standard InChI is InChI=1S/C13H8ClNOS/c1-7-6-9-13(11(14)12(7)16)17-10-5-3-2-4-8(10)15-9/h2-6H,1H3. The van der Waals surface area contributed by atoms with Crippen LogP contribution in [-0.2, 0) is 0 Å². The lowest BCUT2D eigenvalue weighted by molar-refractivity contribution is 1.34. The van der Waals surface area contributed by atoms with E-state index in [1.165, 1.54) is 11.3 Å². The van der Waals surface area contributed by atoms with Crippen LogP contribution in [0.5, 0.6) is 0 Å². The van der Waals surface area contributed by atoms with Gasteiger partial charge in [-0.05, 0) is 25.1 Å². The highest BCUT2D eigenvalue weighted by atomic mass is 35.5. The summed E-state index contributed by atoms with van der Waals surface area (Å²) in [4.78, 5) is 17.1. The lowest BCUT2D eigenvalue weighted by Crippen LogP contribution is -2.07. The second kappa shape index (κ2) is 3.79. The molecule has 0 aromatic heterocycles. The number of para-hydroxylation sites is 1. The van der Waals surface area contributed by atoms with Crippen LogP contribution in [0.4, 0.5) is 0 Å². The van der Waals surface area contributed by atoms with E-state index in [-0.39, 0.29) is 10.5 Å². The van der Waals surface area contributed by atoms with Crippen LogP contribution < -0.4 is 5.43 Å². The first-order valence-corrected chi connectivity index (χ1v) is 6.35. The quantitative estimate of drug-likeness (QED) is 0.577. The van der Waals surface area contributed by atoms with Crippen LogP contribution in [0, 0.1) is 6.92 Å². The fourth-order valence-corrected chi connectivity index (χ4v) is 3.12. The Bertz CT molecular complexity index is 750. The van der Waals surface area contributed by atoms with Gasteiger partial charge in [0, 0.05) is 5.56 Å². The van der Waals surface area contributed by atoms with E-state index < -0.39 is 0 Å². The first-order chi connectivity index (χ1) is 8.16. The number of hydrogen-bond donors (Lipinski definition) is 0. The Hall–Kier alpha value is -1.45. The fourth-order valence-electron chi connectivity index (χ4n) is 1.78. The minimum atomic E-state index is -0.104. The van der Waals surface area contributed by atoms with Crippen LogP contribution in [0.1, 0.15) is 5.56 Å². The Kier molecular flexibility index (Phi) is 2.38. The van der Waals surface area contributed by atoms with Crippen molar-refractivity contribution < 1.29 is 0 Å². The molecule has 0 amide bonds. The molecule has 1 aliphatic carbocycles. The number of hydrogen-bond acceptors (Lipinski definition) is 3. The summed E-state index contributed by atoms with van der Waals surface area (Å²) >= 11 is 7.60. The van der Waals surface area contributed by atoms with E-state index in [1.807, 2.05) is 24.3 Å². The van der Waals surface area contributed by atoms with E-state index in [9.17, 15) is 4.79 Å². The molecule has 0 atom stereocenters. The Balaban J connectivity index is 2.53. The molecular weight excluding hydrogens is 254 g/mol. The lowest BCUT2D eigenvalue weighted by atomic mass is 10.1. The highest BCUT2D eigenvalue weighted by Crippen LogP contribution is 2.34. The van der Waals surface area contributed by atoms with Crippen LogP contribution in [-0.4, -0.2) is 4.98 Å². The Morgan fingerprint density at radius 1 is 1.29 bits per heavy atom. The number of aryl methyl sites for hydroxylation is 1. The zero-order valence-corrected chi connectivity index (χ0v) is 10.6. The summed E-state index contributed by atoms with van der Waals surface area (Å²) in [5.74, 6) is 0. The van der Waals surface area contributed by atoms with Gasteiger partial charge in [-0.2, -0.15) is 0 Å². The number of nitrogens with zero attached hydrogens (tertiary/aromatic N) is 1. The highest BCUT2D eigenvalue weighted by molar-refractivity contribution is 7.22. The van der Waals surface area contributed by atoms with Gasteiger partial charge in [0.1, 0.15) is 5.02 Å². The first kappa shape index (κ1) is 10.7. The summed E-state index contributed by atoms with van der Waals surface area (Å²) in [5, 5.41) is 0.281. The van der Waals surface area contributed by atoms with Crippen LogP contribution >= 0.6 is 22.9 Å². The summed E-state index contributed by atoms with van der Waals surface area (Å²) in [5.41, 5.74) is 2.25. The van der Waals surface area contributed by atoms with Gasteiger partial charge >= 0.3 is 0 Å². The highest BCUT2D eigenvalue weighted by Gasteiger charge is 2.15. The molecule has 0 fully saturated rings. The minimum Gasteiger partial charge on any atom is -0.288 e. The zero-order valence-electron chi connectivity index (χ0n) is 9.03. The molecule has 0 saturated carbocycles. The summed E-state index contributed by atoms with van der Waals surface area (Å²) in [7, 11) is 0. The zero-order chi connectivity index (χ0) is 12.0. The average Bonchev–Trinajstić information content (AvgIpc) is 2.34. The molecular formula is C13H8ClNOS. The number of aromatic nitrogens is 1. The van der Waals surface area contributed by atoms with E-state index in [2.05, 4.69) is 4.98 Å². The molecule has 1 aliphatic heterocycles. The van der Waals surface area contributed by atoms with Crippen molar-refractivity contribution in [3.05, 3.63) is 51.1 Å². The second-order valence-electron chi connectivity index (χ2n) is 3.87. The Morgan fingerprint density at radius 3 is 2.88 bits per heavy atom. The molecule has 17 heavy (non-hydrogen) atoms. The molecule has 0 spiro atoms. The first-order valence-electron chi connectivity index (χ1n) is 5.15. The van der Waals surface area contributed by atoms with Gasteiger partial charge in [0.05, 0.1) is 20.8 Å². The lowest BCUT2D eigenvalue weighted by Gasteiger charge is -2.08. The third-order valence-corrected chi connectivity index (χ3v) is 4.32. The number of fused-ring (bicyclic) bond motifs is 2. The number of halogens is 1. The Morgan fingerprint density at radius 2 is 2.06 bits per heavy atom. The maximum absolute atomic E-state index is 11.8.